The molecule has 1 saturated heterocycles. The van der Waals surface area contributed by atoms with Crippen LogP contribution in [-0.2, 0) is 4.79 Å². The normalized spacial score (nSPS) is 18.4. The standard InChI is InChI=1S/C15H21ClN2O/c1-11(13-4-3-5-14(16)10-13)17-15-6-8-18(9-7-15)12(2)19/h3-5,10-11,15,17H,6-9H2,1-2H3/t11-/m0/s1. The Bertz CT molecular complexity index is 442. The van der Waals surface area contributed by atoms with E-state index in [9.17, 15) is 4.79 Å². The van der Waals surface area contributed by atoms with Gasteiger partial charge in [0.25, 0.3) is 0 Å². The molecule has 1 aliphatic heterocycles. The number of nitrogens with zero attached hydrogens (tertiary/aromatic N) is 1. The molecule has 1 fully saturated rings. The Balaban J connectivity index is 1.87. The van der Waals surface area contributed by atoms with Crippen LogP contribution in [0.3, 0.4) is 0 Å². The molecular weight excluding hydrogens is 260 g/mol. The summed E-state index contributed by atoms with van der Waals surface area (Å²) in [4.78, 5) is 13.2. The zero-order valence-electron chi connectivity index (χ0n) is 11.5. The molecule has 2 rings (SSSR count). The van der Waals surface area contributed by atoms with E-state index in [0.717, 1.165) is 31.0 Å². The van der Waals surface area contributed by atoms with Gasteiger partial charge in [-0.15, -0.1) is 0 Å². The first-order chi connectivity index (χ1) is 9.06. The van der Waals surface area contributed by atoms with Gasteiger partial charge in [-0.05, 0) is 37.5 Å². The van der Waals surface area contributed by atoms with Crippen molar-refractivity contribution in [1.29, 1.82) is 0 Å². The number of hydrogen-bond donors (Lipinski definition) is 1. The summed E-state index contributed by atoms with van der Waals surface area (Å²) in [5.41, 5.74) is 1.21. The van der Waals surface area contributed by atoms with Crippen LogP contribution < -0.4 is 5.32 Å². The van der Waals surface area contributed by atoms with Crippen LogP contribution in [0.1, 0.15) is 38.3 Å². The number of carbonyl (C=O) groups excluding carboxylic acids is 1. The molecule has 19 heavy (non-hydrogen) atoms. The lowest BCUT2D eigenvalue weighted by molar-refractivity contribution is -0.129. The van der Waals surface area contributed by atoms with Crippen LogP contribution in [-0.4, -0.2) is 29.9 Å². The van der Waals surface area contributed by atoms with E-state index in [1.807, 2.05) is 23.1 Å². The summed E-state index contributed by atoms with van der Waals surface area (Å²) in [6, 6.07) is 8.73. The fourth-order valence-electron chi connectivity index (χ4n) is 2.59. The fraction of sp³-hybridized carbons (Fsp3) is 0.533. The smallest absolute Gasteiger partial charge is 0.219 e. The van der Waals surface area contributed by atoms with Crippen molar-refractivity contribution in [2.24, 2.45) is 0 Å². The lowest BCUT2D eigenvalue weighted by Gasteiger charge is -2.33. The van der Waals surface area contributed by atoms with E-state index >= 15 is 0 Å². The second-order valence-electron chi connectivity index (χ2n) is 5.22. The molecule has 3 nitrogen and oxygen atoms in total. The Morgan fingerprint density at radius 1 is 1.42 bits per heavy atom. The zero-order chi connectivity index (χ0) is 13.8. The molecule has 1 aromatic carbocycles. The number of amides is 1. The van der Waals surface area contributed by atoms with E-state index < -0.39 is 0 Å². The third-order valence-corrected chi connectivity index (χ3v) is 4.01. The van der Waals surface area contributed by atoms with Crippen LogP contribution in [0.15, 0.2) is 24.3 Å². The van der Waals surface area contributed by atoms with E-state index in [1.165, 1.54) is 5.56 Å². The van der Waals surface area contributed by atoms with E-state index in [1.54, 1.807) is 6.92 Å². The predicted octanol–water partition coefficient (Wildman–Crippen LogP) is 3.00. The van der Waals surface area contributed by atoms with Gasteiger partial charge in [-0.25, -0.2) is 0 Å². The van der Waals surface area contributed by atoms with Gasteiger partial charge in [0.05, 0.1) is 0 Å². The number of rotatable bonds is 3. The largest absolute Gasteiger partial charge is 0.343 e. The molecule has 0 aliphatic carbocycles. The van der Waals surface area contributed by atoms with Crippen molar-refractivity contribution in [3.63, 3.8) is 0 Å². The summed E-state index contributed by atoms with van der Waals surface area (Å²) >= 11 is 6.01. The van der Waals surface area contributed by atoms with Crippen molar-refractivity contribution in [1.82, 2.24) is 10.2 Å². The first-order valence-corrected chi connectivity index (χ1v) is 7.21. The van der Waals surface area contributed by atoms with Crippen LogP contribution in [0.4, 0.5) is 0 Å². The highest BCUT2D eigenvalue weighted by Crippen LogP contribution is 2.20. The topological polar surface area (TPSA) is 32.3 Å². The van der Waals surface area contributed by atoms with Gasteiger partial charge < -0.3 is 10.2 Å². The van der Waals surface area contributed by atoms with Crippen LogP contribution in [0.2, 0.25) is 5.02 Å². The molecule has 0 saturated carbocycles. The monoisotopic (exact) mass is 280 g/mol. The van der Waals surface area contributed by atoms with Gasteiger partial charge in [0.1, 0.15) is 0 Å². The molecule has 1 atom stereocenters. The van der Waals surface area contributed by atoms with Gasteiger partial charge in [0.2, 0.25) is 5.91 Å². The van der Waals surface area contributed by atoms with Crippen LogP contribution in [0.5, 0.6) is 0 Å². The molecule has 1 N–H and O–H groups in total. The molecule has 1 aliphatic rings. The maximum Gasteiger partial charge on any atom is 0.219 e. The Hall–Kier alpha value is -1.06. The second-order valence-corrected chi connectivity index (χ2v) is 5.66. The number of hydrogen-bond acceptors (Lipinski definition) is 2. The Morgan fingerprint density at radius 3 is 2.68 bits per heavy atom. The van der Waals surface area contributed by atoms with Gasteiger partial charge >= 0.3 is 0 Å². The van der Waals surface area contributed by atoms with Gasteiger partial charge in [-0.2, -0.15) is 0 Å². The zero-order valence-corrected chi connectivity index (χ0v) is 12.3. The second kappa shape index (κ2) is 6.40. The van der Waals surface area contributed by atoms with Crippen LogP contribution in [0, 0.1) is 0 Å². The highest BCUT2D eigenvalue weighted by atomic mass is 35.5. The summed E-state index contributed by atoms with van der Waals surface area (Å²) in [6.07, 6.45) is 2.04. The lowest BCUT2D eigenvalue weighted by atomic mass is 10.0. The molecule has 4 heteroatoms. The molecule has 0 unspecified atom stereocenters. The summed E-state index contributed by atoms with van der Waals surface area (Å²) < 4.78 is 0. The predicted molar refractivity (Wildman–Crippen MR) is 78.3 cm³/mol. The van der Waals surface area contributed by atoms with Crippen molar-refractivity contribution in [2.75, 3.05) is 13.1 Å². The molecule has 0 aromatic heterocycles. The van der Waals surface area contributed by atoms with Gasteiger partial charge in [0, 0.05) is 37.1 Å². The van der Waals surface area contributed by atoms with Crippen molar-refractivity contribution in [3.8, 4) is 0 Å². The number of halogens is 1. The number of nitrogens with one attached hydrogen (secondary N) is 1. The minimum atomic E-state index is 0.182. The molecule has 0 radical (unpaired) electrons. The Morgan fingerprint density at radius 2 is 2.11 bits per heavy atom. The third kappa shape index (κ3) is 3.95. The average molecular weight is 281 g/mol. The molecule has 1 heterocycles. The van der Waals surface area contributed by atoms with Crippen LogP contribution in [0.25, 0.3) is 0 Å². The number of carbonyl (C=O) groups is 1. The van der Waals surface area contributed by atoms with Crippen LogP contribution >= 0.6 is 11.6 Å². The molecule has 1 aromatic rings. The number of benzene rings is 1. The van der Waals surface area contributed by atoms with Crippen molar-refractivity contribution in [3.05, 3.63) is 34.9 Å². The van der Waals surface area contributed by atoms with Gasteiger partial charge in [-0.1, -0.05) is 23.7 Å². The van der Waals surface area contributed by atoms with E-state index in [4.69, 9.17) is 11.6 Å². The summed E-state index contributed by atoms with van der Waals surface area (Å²) in [7, 11) is 0. The van der Waals surface area contributed by atoms with Crippen molar-refractivity contribution < 1.29 is 4.79 Å². The van der Waals surface area contributed by atoms with E-state index in [2.05, 4.69) is 18.3 Å². The quantitative estimate of drug-likeness (QED) is 0.923. The highest BCUT2D eigenvalue weighted by molar-refractivity contribution is 6.30. The van der Waals surface area contributed by atoms with E-state index in [0.29, 0.717) is 6.04 Å². The first-order valence-electron chi connectivity index (χ1n) is 6.83. The summed E-state index contributed by atoms with van der Waals surface area (Å²) in [5.74, 6) is 0.182. The maximum absolute atomic E-state index is 11.3. The molecule has 0 bridgehead atoms. The molecule has 1 amide bonds. The Labute approximate surface area is 119 Å². The fourth-order valence-corrected chi connectivity index (χ4v) is 2.79. The number of piperidine rings is 1. The SMILES string of the molecule is CC(=O)N1CCC(N[C@@H](C)c2cccc(Cl)c2)CC1. The molecule has 104 valence electrons. The summed E-state index contributed by atoms with van der Waals surface area (Å²) in [6.45, 7) is 5.51. The van der Waals surface area contributed by atoms with Gasteiger partial charge in [0.15, 0.2) is 0 Å². The van der Waals surface area contributed by atoms with Crippen molar-refractivity contribution in [2.45, 2.75) is 38.8 Å². The van der Waals surface area contributed by atoms with Gasteiger partial charge in [-0.3, -0.25) is 4.79 Å². The first kappa shape index (κ1) is 14.4. The third-order valence-electron chi connectivity index (χ3n) is 3.77. The molecular formula is C15H21ClN2O. The number of likely N-dealkylation sites (tertiary alicyclic amines) is 1. The minimum Gasteiger partial charge on any atom is -0.343 e. The average Bonchev–Trinajstić information content (AvgIpc) is 2.39. The lowest BCUT2D eigenvalue weighted by Crippen LogP contribution is -2.44. The summed E-state index contributed by atoms with van der Waals surface area (Å²) in [5, 5.41) is 4.40. The highest BCUT2D eigenvalue weighted by Gasteiger charge is 2.21. The molecule has 0 spiro atoms. The minimum absolute atomic E-state index is 0.182. The maximum atomic E-state index is 11.3. The van der Waals surface area contributed by atoms with E-state index in [-0.39, 0.29) is 11.9 Å². The Kier molecular flexibility index (Phi) is 4.83. The van der Waals surface area contributed by atoms with Crippen molar-refractivity contribution >= 4 is 17.5 Å².